The maximum absolute atomic E-state index is 11.6. The van der Waals surface area contributed by atoms with Crippen molar-refractivity contribution in [3.8, 4) is 10.6 Å². The molecule has 1 unspecified atom stereocenters. The van der Waals surface area contributed by atoms with Gasteiger partial charge in [0.15, 0.2) is 0 Å². The number of nitrogens with one attached hydrogen (secondary N) is 1. The molecule has 1 amide bonds. The summed E-state index contributed by atoms with van der Waals surface area (Å²) in [5.41, 5.74) is 8.96. The lowest BCUT2D eigenvalue weighted by Crippen LogP contribution is -2.23. The summed E-state index contributed by atoms with van der Waals surface area (Å²) in [4.78, 5) is 11.6. The predicted octanol–water partition coefficient (Wildman–Crippen LogP) is 2.50. The van der Waals surface area contributed by atoms with E-state index >= 15 is 0 Å². The Bertz CT molecular complexity index is 601. The van der Waals surface area contributed by atoms with Crippen molar-refractivity contribution >= 4 is 22.4 Å². The van der Waals surface area contributed by atoms with E-state index in [1.54, 1.807) is 6.92 Å². The number of hydrogen-bond donors (Lipinski definition) is 2. The van der Waals surface area contributed by atoms with Crippen LogP contribution < -0.4 is 11.1 Å². The summed E-state index contributed by atoms with van der Waals surface area (Å²) in [6, 6.07) is 6.06. The normalized spacial score (nSPS) is 12.2. The van der Waals surface area contributed by atoms with Crippen LogP contribution in [0.25, 0.3) is 10.6 Å². The molecule has 3 N–H and O–H groups in total. The summed E-state index contributed by atoms with van der Waals surface area (Å²) in [7, 11) is 0. The highest BCUT2D eigenvalue weighted by Gasteiger charge is 2.11. The van der Waals surface area contributed by atoms with Crippen LogP contribution in [0.15, 0.2) is 18.2 Å². The van der Waals surface area contributed by atoms with Crippen LogP contribution >= 0.6 is 11.3 Å². The molecule has 0 saturated carbocycles. The molecule has 6 heteroatoms. The number of carbonyl (C=O) groups excluding carboxylic acids is 1. The van der Waals surface area contributed by atoms with Gasteiger partial charge in [-0.05, 0) is 32.9 Å². The van der Waals surface area contributed by atoms with Crippen LogP contribution in [-0.2, 0) is 4.79 Å². The van der Waals surface area contributed by atoms with Gasteiger partial charge in [0.25, 0.3) is 0 Å². The van der Waals surface area contributed by atoms with E-state index in [4.69, 9.17) is 5.73 Å². The second-order valence-corrected chi connectivity index (χ2v) is 6.00. The van der Waals surface area contributed by atoms with Crippen molar-refractivity contribution in [1.82, 2.24) is 10.2 Å². The quantitative estimate of drug-likeness (QED) is 0.906. The molecule has 2 aromatic rings. The summed E-state index contributed by atoms with van der Waals surface area (Å²) >= 11 is 1.36. The molecular weight excluding hydrogens is 272 g/mol. The average Bonchev–Trinajstić information content (AvgIpc) is 2.74. The SMILES string of the molecule is Cc1cc(C)cc(-c2nnc(NC(=O)CC(C)N)s2)c1. The lowest BCUT2D eigenvalue weighted by Gasteiger charge is -2.03. The Balaban J connectivity index is 2.14. The molecule has 0 aliphatic rings. The van der Waals surface area contributed by atoms with E-state index in [0.29, 0.717) is 5.13 Å². The summed E-state index contributed by atoms with van der Waals surface area (Å²) in [5.74, 6) is -0.136. The van der Waals surface area contributed by atoms with E-state index in [-0.39, 0.29) is 18.4 Å². The number of nitrogens with two attached hydrogens (primary N) is 1. The van der Waals surface area contributed by atoms with Gasteiger partial charge >= 0.3 is 0 Å². The number of benzene rings is 1. The van der Waals surface area contributed by atoms with E-state index in [0.717, 1.165) is 10.6 Å². The van der Waals surface area contributed by atoms with Gasteiger partial charge in [-0.25, -0.2) is 0 Å². The fourth-order valence-corrected chi connectivity index (χ4v) is 2.70. The second kappa shape index (κ2) is 6.11. The number of amides is 1. The van der Waals surface area contributed by atoms with Crippen LogP contribution in [0.3, 0.4) is 0 Å². The zero-order valence-electron chi connectivity index (χ0n) is 11.8. The summed E-state index contributed by atoms with van der Waals surface area (Å²) in [6.45, 7) is 5.88. The molecule has 0 saturated heterocycles. The molecule has 0 aliphatic carbocycles. The second-order valence-electron chi connectivity index (χ2n) is 5.02. The van der Waals surface area contributed by atoms with Gasteiger partial charge < -0.3 is 11.1 Å². The molecule has 5 nitrogen and oxygen atoms in total. The standard InChI is InChI=1S/C14H18N4OS/c1-8-4-9(2)6-11(5-8)13-17-18-14(20-13)16-12(19)7-10(3)15/h4-6,10H,7,15H2,1-3H3,(H,16,18,19). The number of rotatable bonds is 4. The summed E-state index contributed by atoms with van der Waals surface area (Å²) in [5, 5.41) is 12.1. The highest BCUT2D eigenvalue weighted by atomic mass is 32.1. The van der Waals surface area contributed by atoms with Crippen LogP contribution in [0.5, 0.6) is 0 Å². The molecule has 1 atom stereocenters. The van der Waals surface area contributed by atoms with Crippen molar-refractivity contribution in [1.29, 1.82) is 0 Å². The zero-order valence-corrected chi connectivity index (χ0v) is 12.6. The lowest BCUT2D eigenvalue weighted by molar-refractivity contribution is -0.116. The smallest absolute Gasteiger partial charge is 0.227 e. The molecule has 106 valence electrons. The Labute approximate surface area is 122 Å². The summed E-state index contributed by atoms with van der Waals surface area (Å²) in [6.07, 6.45) is 0.276. The number of hydrogen-bond acceptors (Lipinski definition) is 5. The molecule has 1 aromatic heterocycles. The van der Waals surface area contributed by atoms with E-state index in [9.17, 15) is 4.79 Å². The minimum absolute atomic E-state index is 0.136. The molecule has 1 aromatic carbocycles. The van der Waals surface area contributed by atoms with Crippen LogP contribution in [0.4, 0.5) is 5.13 Å². The lowest BCUT2D eigenvalue weighted by atomic mass is 10.1. The van der Waals surface area contributed by atoms with Crippen molar-refractivity contribution < 1.29 is 4.79 Å². The number of anilines is 1. The number of aromatic nitrogens is 2. The van der Waals surface area contributed by atoms with Gasteiger partial charge in [-0.2, -0.15) is 0 Å². The van der Waals surface area contributed by atoms with Gasteiger partial charge in [-0.15, -0.1) is 10.2 Å². The van der Waals surface area contributed by atoms with Crippen molar-refractivity contribution in [3.63, 3.8) is 0 Å². The molecule has 0 spiro atoms. The number of carbonyl (C=O) groups is 1. The maximum Gasteiger partial charge on any atom is 0.227 e. The van der Waals surface area contributed by atoms with Gasteiger partial charge in [0, 0.05) is 18.0 Å². The Morgan fingerprint density at radius 2 is 1.95 bits per heavy atom. The molecular formula is C14H18N4OS. The van der Waals surface area contributed by atoms with Crippen molar-refractivity contribution in [2.45, 2.75) is 33.2 Å². The zero-order chi connectivity index (χ0) is 14.7. The molecule has 0 bridgehead atoms. The maximum atomic E-state index is 11.6. The minimum atomic E-state index is -0.165. The fourth-order valence-electron chi connectivity index (χ4n) is 1.95. The topological polar surface area (TPSA) is 80.9 Å². The van der Waals surface area contributed by atoms with Gasteiger partial charge in [0.05, 0.1) is 0 Å². The first kappa shape index (κ1) is 14.6. The third-order valence-electron chi connectivity index (χ3n) is 2.65. The Kier molecular flexibility index (Phi) is 4.46. The van der Waals surface area contributed by atoms with E-state index in [2.05, 4.69) is 33.7 Å². The van der Waals surface area contributed by atoms with Crippen LogP contribution in [-0.4, -0.2) is 22.1 Å². The molecule has 0 radical (unpaired) electrons. The van der Waals surface area contributed by atoms with Gasteiger partial charge in [0.1, 0.15) is 5.01 Å². The average molecular weight is 290 g/mol. The largest absolute Gasteiger partial charge is 0.327 e. The Morgan fingerprint density at radius 1 is 1.30 bits per heavy atom. The Hall–Kier alpha value is -1.79. The van der Waals surface area contributed by atoms with Crippen LogP contribution in [0.2, 0.25) is 0 Å². The molecule has 2 rings (SSSR count). The van der Waals surface area contributed by atoms with E-state index in [1.165, 1.54) is 22.5 Å². The first-order valence-electron chi connectivity index (χ1n) is 6.41. The monoisotopic (exact) mass is 290 g/mol. The number of aryl methyl sites for hydroxylation is 2. The van der Waals surface area contributed by atoms with Crippen LogP contribution in [0, 0.1) is 13.8 Å². The molecule has 1 heterocycles. The summed E-state index contributed by atoms with van der Waals surface area (Å²) < 4.78 is 0. The third-order valence-corrected chi connectivity index (χ3v) is 3.54. The van der Waals surface area contributed by atoms with Gasteiger partial charge in [-0.3, -0.25) is 4.79 Å². The van der Waals surface area contributed by atoms with E-state index < -0.39 is 0 Å². The highest BCUT2D eigenvalue weighted by molar-refractivity contribution is 7.18. The first-order chi connectivity index (χ1) is 9.44. The van der Waals surface area contributed by atoms with Gasteiger partial charge in [0.2, 0.25) is 11.0 Å². The Morgan fingerprint density at radius 3 is 2.55 bits per heavy atom. The molecule has 0 fully saturated rings. The highest BCUT2D eigenvalue weighted by Crippen LogP contribution is 2.27. The van der Waals surface area contributed by atoms with Crippen LogP contribution in [0.1, 0.15) is 24.5 Å². The van der Waals surface area contributed by atoms with Gasteiger partial charge in [-0.1, -0.05) is 28.5 Å². The van der Waals surface area contributed by atoms with Crippen molar-refractivity contribution in [2.75, 3.05) is 5.32 Å². The van der Waals surface area contributed by atoms with Crippen molar-refractivity contribution in [2.24, 2.45) is 5.73 Å². The molecule has 0 aliphatic heterocycles. The third kappa shape index (κ3) is 3.85. The fraction of sp³-hybridized carbons (Fsp3) is 0.357. The predicted molar refractivity (Wildman–Crippen MR) is 81.7 cm³/mol. The van der Waals surface area contributed by atoms with E-state index in [1.807, 2.05) is 13.8 Å². The first-order valence-corrected chi connectivity index (χ1v) is 7.23. The van der Waals surface area contributed by atoms with Crippen molar-refractivity contribution in [3.05, 3.63) is 29.3 Å². The number of nitrogens with zero attached hydrogens (tertiary/aromatic N) is 2. The molecule has 20 heavy (non-hydrogen) atoms. The minimum Gasteiger partial charge on any atom is -0.327 e.